The van der Waals surface area contributed by atoms with E-state index < -0.39 is 35.1 Å². The van der Waals surface area contributed by atoms with E-state index in [1.807, 2.05) is 24.8 Å². The van der Waals surface area contributed by atoms with Gasteiger partial charge in [-0.25, -0.2) is 18.9 Å². The van der Waals surface area contributed by atoms with E-state index in [0.29, 0.717) is 72.7 Å². The van der Waals surface area contributed by atoms with E-state index >= 15 is 4.39 Å². The number of halogens is 2. The number of amides is 1. The molecular formula is C33H44BrFN8O4. The van der Waals surface area contributed by atoms with E-state index in [1.54, 1.807) is 46.4 Å². The van der Waals surface area contributed by atoms with Crippen LogP contribution in [0.15, 0.2) is 10.5 Å². The van der Waals surface area contributed by atoms with Crippen molar-refractivity contribution in [3.8, 4) is 6.07 Å². The Morgan fingerprint density at radius 1 is 1.13 bits per heavy atom. The lowest BCUT2D eigenvalue weighted by molar-refractivity contribution is -0.156. The molecule has 0 saturated carbocycles. The van der Waals surface area contributed by atoms with Crippen molar-refractivity contribution in [2.75, 3.05) is 38.6 Å². The standard InChI is InChI=1S/C33H44BrFN8O4/c1-32(2,3)46-24(44)16-21-15-20(11-13-42(21)31(45)47-33(4,5)6)43-29-23-14-19(10-9-12-36)25(34)26(35)27(23)37-30(28(29)38-39-43)41-17-22(18-41)40(7)8/h14,20-22H,9-11,13,15-18H2,1-8H3/t20-,21-/m0/s1. The second-order valence-electron chi connectivity index (χ2n) is 14.7. The Hall–Kier alpha value is -3.57. The molecule has 5 rings (SSSR count). The summed E-state index contributed by atoms with van der Waals surface area (Å²) in [5.74, 6) is -0.359. The highest BCUT2D eigenvalue weighted by molar-refractivity contribution is 9.10. The van der Waals surface area contributed by atoms with Gasteiger partial charge in [-0.15, -0.1) is 5.10 Å². The van der Waals surface area contributed by atoms with Crippen LogP contribution in [-0.2, 0) is 20.7 Å². The highest BCUT2D eigenvalue weighted by Gasteiger charge is 2.39. The molecule has 2 aliphatic rings. The molecule has 254 valence electrons. The van der Waals surface area contributed by atoms with E-state index in [0.717, 1.165) is 0 Å². The van der Waals surface area contributed by atoms with Crippen LogP contribution in [0.2, 0.25) is 0 Å². The molecule has 0 N–H and O–H groups in total. The monoisotopic (exact) mass is 714 g/mol. The van der Waals surface area contributed by atoms with Gasteiger partial charge in [0.05, 0.1) is 23.0 Å². The summed E-state index contributed by atoms with van der Waals surface area (Å²) >= 11 is 3.42. The number of pyridine rings is 1. The first kappa shape index (κ1) is 34.8. The number of likely N-dealkylation sites (tertiary alicyclic amines) is 1. The number of piperidine rings is 1. The van der Waals surface area contributed by atoms with E-state index in [2.05, 4.69) is 42.1 Å². The highest BCUT2D eigenvalue weighted by Crippen LogP contribution is 2.40. The van der Waals surface area contributed by atoms with Crippen LogP contribution in [-0.4, -0.2) is 98.9 Å². The van der Waals surface area contributed by atoms with Crippen LogP contribution in [0.4, 0.5) is 15.0 Å². The number of rotatable bonds is 7. The van der Waals surface area contributed by atoms with E-state index in [-0.39, 0.29) is 28.9 Å². The molecule has 2 aliphatic heterocycles. The van der Waals surface area contributed by atoms with Gasteiger partial charge in [0.15, 0.2) is 17.2 Å². The average Bonchev–Trinajstić information content (AvgIpc) is 3.37. The Morgan fingerprint density at radius 2 is 1.81 bits per heavy atom. The summed E-state index contributed by atoms with van der Waals surface area (Å²) in [5.41, 5.74) is 0.637. The zero-order valence-electron chi connectivity index (χ0n) is 28.4. The number of carbonyl (C=O) groups is 2. The van der Waals surface area contributed by atoms with Crippen molar-refractivity contribution in [1.29, 1.82) is 5.26 Å². The average molecular weight is 716 g/mol. The van der Waals surface area contributed by atoms with Crippen molar-refractivity contribution in [2.45, 2.75) is 103 Å². The number of hydrogen-bond donors (Lipinski definition) is 0. The third kappa shape index (κ3) is 7.46. The Morgan fingerprint density at radius 3 is 2.43 bits per heavy atom. The van der Waals surface area contributed by atoms with Crippen LogP contribution in [0.3, 0.4) is 0 Å². The molecule has 0 bridgehead atoms. The van der Waals surface area contributed by atoms with Gasteiger partial charge in [-0.2, -0.15) is 5.26 Å². The maximum atomic E-state index is 16.1. The maximum Gasteiger partial charge on any atom is 0.410 e. The molecule has 2 fully saturated rings. The molecule has 12 nitrogen and oxygen atoms in total. The van der Waals surface area contributed by atoms with Gasteiger partial charge >= 0.3 is 12.1 Å². The van der Waals surface area contributed by atoms with Crippen molar-refractivity contribution >= 4 is 55.7 Å². The highest BCUT2D eigenvalue weighted by atomic mass is 79.9. The summed E-state index contributed by atoms with van der Waals surface area (Å²) in [6.07, 6.45) is 0.958. The summed E-state index contributed by atoms with van der Waals surface area (Å²) in [4.78, 5) is 37.0. The van der Waals surface area contributed by atoms with Crippen molar-refractivity contribution in [2.24, 2.45) is 0 Å². The number of nitrogens with zero attached hydrogens (tertiary/aromatic N) is 8. The largest absolute Gasteiger partial charge is 0.460 e. The van der Waals surface area contributed by atoms with Crippen LogP contribution >= 0.6 is 15.9 Å². The molecule has 4 heterocycles. The van der Waals surface area contributed by atoms with Gasteiger partial charge in [-0.1, -0.05) is 5.21 Å². The maximum absolute atomic E-state index is 16.1. The normalized spacial score (nSPS) is 19.3. The van der Waals surface area contributed by atoms with Gasteiger partial charge in [-0.05, 0) is 102 Å². The fourth-order valence-electron chi connectivity index (χ4n) is 6.20. The topological polar surface area (TPSA) is 130 Å². The van der Waals surface area contributed by atoms with E-state index in [4.69, 9.17) is 14.5 Å². The SMILES string of the molecule is CN(C)C1CN(c2nc3c(F)c(Br)c(CCC#N)cc3c3c2nnn3[C@H]2CCN(C(=O)OC(C)(C)C)[C@H](CC(=O)OC(C)(C)C)C2)C1. The molecule has 47 heavy (non-hydrogen) atoms. The Labute approximate surface area is 283 Å². The molecular weight excluding hydrogens is 671 g/mol. The predicted octanol–water partition coefficient (Wildman–Crippen LogP) is 5.76. The van der Waals surface area contributed by atoms with Gasteiger partial charge in [0.2, 0.25) is 0 Å². The molecule has 0 radical (unpaired) electrons. The number of hydrogen-bond acceptors (Lipinski definition) is 10. The molecule has 1 amide bonds. The number of ether oxygens (including phenoxy) is 2. The number of nitriles is 1. The van der Waals surface area contributed by atoms with Crippen LogP contribution in [0.1, 0.15) is 78.8 Å². The third-order valence-corrected chi connectivity index (χ3v) is 9.38. The summed E-state index contributed by atoms with van der Waals surface area (Å²) < 4.78 is 29.6. The van der Waals surface area contributed by atoms with Crippen molar-refractivity contribution in [3.05, 3.63) is 21.9 Å². The second-order valence-corrected chi connectivity index (χ2v) is 15.5. The molecule has 14 heteroatoms. The zero-order valence-corrected chi connectivity index (χ0v) is 30.0. The van der Waals surface area contributed by atoms with Crippen LogP contribution in [0.25, 0.3) is 21.9 Å². The lowest BCUT2D eigenvalue weighted by Crippen LogP contribution is -2.57. The molecule has 3 aromatic rings. The quantitative estimate of drug-likeness (QED) is 0.279. The summed E-state index contributed by atoms with van der Waals surface area (Å²) in [5, 5.41) is 19.0. The fourth-order valence-corrected chi connectivity index (χ4v) is 6.70. The van der Waals surface area contributed by atoms with Crippen molar-refractivity contribution in [3.63, 3.8) is 0 Å². The van der Waals surface area contributed by atoms with Crippen molar-refractivity contribution in [1.82, 2.24) is 29.8 Å². The first-order chi connectivity index (χ1) is 22.0. The number of esters is 1. The van der Waals surface area contributed by atoms with Crippen LogP contribution in [0, 0.1) is 17.1 Å². The van der Waals surface area contributed by atoms with E-state index in [1.165, 1.54) is 0 Å². The number of aryl methyl sites for hydroxylation is 1. The third-order valence-electron chi connectivity index (χ3n) is 8.52. The van der Waals surface area contributed by atoms with Crippen LogP contribution in [0.5, 0.6) is 0 Å². The van der Waals surface area contributed by atoms with Gasteiger partial charge in [0, 0.05) is 43.5 Å². The van der Waals surface area contributed by atoms with Gasteiger partial charge < -0.3 is 24.2 Å². The minimum absolute atomic E-state index is 0.0211. The number of likely N-dealkylation sites (N-methyl/N-ethyl adjacent to an activating group) is 1. The minimum Gasteiger partial charge on any atom is -0.460 e. The minimum atomic E-state index is -0.709. The summed E-state index contributed by atoms with van der Waals surface area (Å²) in [6.45, 7) is 12.6. The Kier molecular flexibility index (Phi) is 9.72. The molecule has 1 aromatic carbocycles. The second kappa shape index (κ2) is 13.1. The van der Waals surface area contributed by atoms with Crippen LogP contribution < -0.4 is 4.90 Å². The van der Waals surface area contributed by atoms with Gasteiger partial charge in [0.25, 0.3) is 0 Å². The molecule has 2 atom stereocenters. The molecule has 2 aromatic heterocycles. The zero-order chi connectivity index (χ0) is 34.4. The lowest BCUT2D eigenvalue weighted by Gasteiger charge is -2.43. The Bertz CT molecular complexity index is 1720. The fraction of sp³-hybridized carbons (Fsp3) is 0.636. The predicted molar refractivity (Wildman–Crippen MR) is 180 cm³/mol. The number of carbonyl (C=O) groups excluding carboxylic acids is 2. The summed E-state index contributed by atoms with van der Waals surface area (Å²) in [7, 11) is 4.05. The first-order valence-electron chi connectivity index (χ1n) is 16.0. The first-order valence-corrected chi connectivity index (χ1v) is 16.8. The van der Waals surface area contributed by atoms with Crippen molar-refractivity contribution < 1.29 is 23.5 Å². The number of benzene rings is 1. The number of anilines is 1. The smallest absolute Gasteiger partial charge is 0.410 e. The van der Waals surface area contributed by atoms with Gasteiger partial charge in [0.1, 0.15) is 22.2 Å². The molecule has 2 saturated heterocycles. The molecule has 0 aliphatic carbocycles. The molecule has 0 spiro atoms. The van der Waals surface area contributed by atoms with Gasteiger partial charge in [-0.3, -0.25) is 4.79 Å². The Balaban J connectivity index is 1.60. The molecule has 0 unspecified atom stereocenters. The van der Waals surface area contributed by atoms with E-state index in [9.17, 15) is 14.9 Å². The number of fused-ring (bicyclic) bond motifs is 3. The number of aromatic nitrogens is 4. The lowest BCUT2D eigenvalue weighted by atomic mass is 9.94. The summed E-state index contributed by atoms with van der Waals surface area (Å²) in [6, 6.07) is 3.53.